The number of nitrogens with one attached hydrogen (secondary N) is 3. The minimum absolute atomic E-state index is 0. The van der Waals surface area contributed by atoms with Crippen molar-refractivity contribution in [3.8, 4) is 0 Å². The first-order valence-corrected chi connectivity index (χ1v) is 7.48. The SMILES string of the molecule is Cl.O=C(NCCNc1ccc(C(F)(F)F)cc1[N+](=O)[O-])C1CC(F)(F)CN1. The van der Waals surface area contributed by atoms with Gasteiger partial charge in [0.15, 0.2) is 0 Å². The van der Waals surface area contributed by atoms with Gasteiger partial charge >= 0.3 is 6.18 Å². The molecular weight excluding hydrogens is 403 g/mol. The van der Waals surface area contributed by atoms with Crippen molar-refractivity contribution in [2.45, 2.75) is 24.6 Å². The minimum atomic E-state index is -4.71. The lowest BCUT2D eigenvalue weighted by molar-refractivity contribution is -0.384. The van der Waals surface area contributed by atoms with Crippen LogP contribution in [0.25, 0.3) is 0 Å². The predicted molar refractivity (Wildman–Crippen MR) is 88.2 cm³/mol. The molecule has 1 saturated heterocycles. The second-order valence-electron chi connectivity index (χ2n) is 5.70. The van der Waals surface area contributed by atoms with Crippen molar-refractivity contribution in [1.82, 2.24) is 10.6 Å². The molecule has 13 heteroatoms. The highest BCUT2D eigenvalue weighted by Crippen LogP contribution is 2.34. The molecule has 1 amide bonds. The van der Waals surface area contributed by atoms with Gasteiger partial charge in [-0.15, -0.1) is 12.4 Å². The highest BCUT2D eigenvalue weighted by atomic mass is 35.5. The molecule has 2 rings (SSSR count). The van der Waals surface area contributed by atoms with E-state index in [2.05, 4.69) is 16.0 Å². The zero-order chi connectivity index (χ0) is 19.5. The lowest BCUT2D eigenvalue weighted by atomic mass is 10.1. The van der Waals surface area contributed by atoms with E-state index >= 15 is 0 Å². The third-order valence-electron chi connectivity index (χ3n) is 3.69. The van der Waals surface area contributed by atoms with Crippen molar-refractivity contribution in [2.75, 3.05) is 25.0 Å². The molecule has 0 spiro atoms. The molecule has 1 aliphatic heterocycles. The predicted octanol–water partition coefficient (Wildman–Crippen LogP) is 2.56. The lowest BCUT2D eigenvalue weighted by Crippen LogP contribution is -2.42. The van der Waals surface area contributed by atoms with Gasteiger partial charge in [0.25, 0.3) is 11.6 Å². The molecule has 3 N–H and O–H groups in total. The molecule has 0 radical (unpaired) electrons. The van der Waals surface area contributed by atoms with Crippen LogP contribution in [0.2, 0.25) is 0 Å². The number of hydrogen-bond acceptors (Lipinski definition) is 5. The van der Waals surface area contributed by atoms with Gasteiger partial charge in [-0.3, -0.25) is 20.2 Å². The Morgan fingerprint density at radius 1 is 1.33 bits per heavy atom. The van der Waals surface area contributed by atoms with Crippen LogP contribution < -0.4 is 16.0 Å². The zero-order valence-electron chi connectivity index (χ0n) is 13.6. The van der Waals surface area contributed by atoms with E-state index in [0.29, 0.717) is 12.1 Å². The van der Waals surface area contributed by atoms with Crippen molar-refractivity contribution in [3.05, 3.63) is 33.9 Å². The van der Waals surface area contributed by atoms with E-state index in [1.807, 2.05) is 0 Å². The normalized spacial score (nSPS) is 18.5. The van der Waals surface area contributed by atoms with Crippen molar-refractivity contribution in [1.29, 1.82) is 0 Å². The van der Waals surface area contributed by atoms with Crippen LogP contribution in [0.4, 0.5) is 33.3 Å². The average Bonchev–Trinajstić information content (AvgIpc) is 2.90. The quantitative estimate of drug-likeness (QED) is 0.285. The Labute approximate surface area is 156 Å². The summed E-state index contributed by atoms with van der Waals surface area (Å²) in [6, 6.07) is 0.983. The molecule has 0 bridgehead atoms. The first-order chi connectivity index (χ1) is 12.0. The molecule has 1 heterocycles. The fourth-order valence-corrected chi connectivity index (χ4v) is 2.42. The monoisotopic (exact) mass is 418 g/mol. The average molecular weight is 419 g/mol. The van der Waals surface area contributed by atoms with Gasteiger partial charge in [-0.2, -0.15) is 13.2 Å². The summed E-state index contributed by atoms with van der Waals surface area (Å²) in [6.07, 6.45) is -5.34. The van der Waals surface area contributed by atoms with Gasteiger partial charge in [0.2, 0.25) is 5.91 Å². The number of benzene rings is 1. The molecule has 27 heavy (non-hydrogen) atoms. The van der Waals surface area contributed by atoms with Crippen LogP contribution in [0.5, 0.6) is 0 Å². The van der Waals surface area contributed by atoms with Crippen LogP contribution in [-0.2, 0) is 11.0 Å². The molecule has 0 aliphatic carbocycles. The molecule has 1 aliphatic rings. The molecular formula is C14H16ClF5N4O3. The van der Waals surface area contributed by atoms with Crippen LogP contribution in [0.3, 0.4) is 0 Å². The van der Waals surface area contributed by atoms with E-state index in [9.17, 15) is 36.9 Å². The van der Waals surface area contributed by atoms with E-state index in [4.69, 9.17) is 0 Å². The van der Waals surface area contributed by atoms with E-state index in [1.165, 1.54) is 0 Å². The number of nitro groups is 1. The molecule has 1 unspecified atom stereocenters. The Balaban J connectivity index is 0.00000364. The number of rotatable bonds is 6. The van der Waals surface area contributed by atoms with Crippen molar-refractivity contribution in [2.24, 2.45) is 0 Å². The van der Waals surface area contributed by atoms with E-state index in [1.54, 1.807) is 0 Å². The Morgan fingerprint density at radius 2 is 2.00 bits per heavy atom. The number of hydrogen-bond donors (Lipinski definition) is 3. The number of anilines is 1. The highest BCUT2D eigenvalue weighted by Gasteiger charge is 2.42. The highest BCUT2D eigenvalue weighted by molar-refractivity contribution is 5.85. The lowest BCUT2D eigenvalue weighted by Gasteiger charge is -2.13. The molecule has 0 saturated carbocycles. The first-order valence-electron chi connectivity index (χ1n) is 7.48. The van der Waals surface area contributed by atoms with Gasteiger partial charge in [0.05, 0.1) is 23.1 Å². The molecule has 152 valence electrons. The number of alkyl halides is 5. The van der Waals surface area contributed by atoms with Crippen LogP contribution >= 0.6 is 12.4 Å². The van der Waals surface area contributed by atoms with Gasteiger partial charge in [-0.25, -0.2) is 8.78 Å². The Morgan fingerprint density at radius 3 is 2.52 bits per heavy atom. The summed E-state index contributed by atoms with van der Waals surface area (Å²) < 4.78 is 63.8. The Hall–Kier alpha value is -2.21. The number of halogens is 6. The molecule has 1 atom stereocenters. The Kier molecular flexibility index (Phi) is 7.32. The standard InChI is InChI=1S/C14H15F5N4O3.ClH/c15-13(16)6-10(22-7-13)12(24)21-4-3-20-9-2-1-8(14(17,18)19)5-11(9)23(25)26;/h1-2,5,10,20,22H,3-4,6-7H2,(H,21,24);1H. The molecule has 1 aromatic rings. The summed E-state index contributed by atoms with van der Waals surface area (Å²) >= 11 is 0. The van der Waals surface area contributed by atoms with Crippen molar-refractivity contribution >= 4 is 29.7 Å². The summed E-state index contributed by atoms with van der Waals surface area (Å²) in [5, 5.41) is 18.2. The van der Waals surface area contributed by atoms with Crippen LogP contribution in [0.15, 0.2) is 18.2 Å². The number of nitro benzene ring substituents is 1. The summed E-state index contributed by atoms with van der Waals surface area (Å²) in [5.74, 6) is -3.60. The maximum atomic E-state index is 13.0. The second kappa shape index (κ2) is 8.65. The van der Waals surface area contributed by atoms with Gasteiger partial charge in [-0.05, 0) is 12.1 Å². The molecule has 7 nitrogen and oxygen atoms in total. The van der Waals surface area contributed by atoms with Gasteiger partial charge in [0.1, 0.15) is 5.69 Å². The largest absolute Gasteiger partial charge is 0.416 e. The van der Waals surface area contributed by atoms with Gasteiger partial charge in [0, 0.05) is 25.6 Å². The summed E-state index contributed by atoms with van der Waals surface area (Å²) in [7, 11) is 0. The molecule has 0 aromatic heterocycles. The van der Waals surface area contributed by atoms with Crippen LogP contribution in [0.1, 0.15) is 12.0 Å². The van der Waals surface area contributed by atoms with E-state index in [0.717, 1.165) is 6.07 Å². The first kappa shape index (κ1) is 22.8. The summed E-state index contributed by atoms with van der Waals surface area (Å²) in [5.41, 5.74) is -2.07. The topological polar surface area (TPSA) is 96.3 Å². The van der Waals surface area contributed by atoms with Crippen LogP contribution in [-0.4, -0.2) is 42.4 Å². The Bertz CT molecular complexity index is 702. The molecule has 1 aromatic carbocycles. The van der Waals surface area contributed by atoms with Gasteiger partial charge in [-0.1, -0.05) is 0 Å². The third kappa shape index (κ3) is 6.17. The maximum absolute atomic E-state index is 13.0. The zero-order valence-corrected chi connectivity index (χ0v) is 14.4. The fourth-order valence-electron chi connectivity index (χ4n) is 2.42. The number of carbonyl (C=O) groups is 1. The van der Waals surface area contributed by atoms with E-state index < -0.39 is 53.2 Å². The minimum Gasteiger partial charge on any atom is -0.378 e. The summed E-state index contributed by atoms with van der Waals surface area (Å²) in [6.45, 7) is -0.692. The maximum Gasteiger partial charge on any atom is 0.416 e. The third-order valence-corrected chi connectivity index (χ3v) is 3.69. The second-order valence-corrected chi connectivity index (χ2v) is 5.70. The van der Waals surface area contributed by atoms with Crippen LogP contribution in [0, 0.1) is 10.1 Å². The number of amides is 1. The number of carbonyl (C=O) groups excluding carboxylic acids is 1. The smallest absolute Gasteiger partial charge is 0.378 e. The molecule has 1 fully saturated rings. The van der Waals surface area contributed by atoms with Crippen molar-refractivity contribution in [3.63, 3.8) is 0 Å². The number of nitrogens with zero attached hydrogens (tertiary/aromatic N) is 1. The van der Waals surface area contributed by atoms with Crippen molar-refractivity contribution < 1.29 is 31.7 Å². The fraction of sp³-hybridized carbons (Fsp3) is 0.500. The van der Waals surface area contributed by atoms with E-state index in [-0.39, 0.29) is 31.2 Å². The summed E-state index contributed by atoms with van der Waals surface area (Å²) in [4.78, 5) is 21.7. The van der Waals surface area contributed by atoms with Gasteiger partial charge < -0.3 is 10.6 Å².